The summed E-state index contributed by atoms with van der Waals surface area (Å²) in [6, 6.07) is 12.5. The summed E-state index contributed by atoms with van der Waals surface area (Å²) in [6.07, 6.45) is 0.997. The van der Waals surface area contributed by atoms with Crippen LogP contribution in [0, 0.1) is 0 Å². The van der Waals surface area contributed by atoms with E-state index in [1.54, 1.807) is 24.3 Å². The SMILES string of the molecule is CCOc1ccccc1NC(=O)COC(=O)c1ccccc1S(C)(=O)=O. The van der Waals surface area contributed by atoms with Crippen LogP contribution in [-0.4, -0.2) is 39.8 Å². The fraction of sp³-hybridized carbons (Fsp3) is 0.222. The van der Waals surface area contributed by atoms with Gasteiger partial charge >= 0.3 is 5.97 Å². The molecule has 138 valence electrons. The Hall–Kier alpha value is -2.87. The van der Waals surface area contributed by atoms with Crippen molar-refractivity contribution < 1.29 is 27.5 Å². The van der Waals surface area contributed by atoms with Crippen molar-refractivity contribution >= 4 is 27.4 Å². The summed E-state index contributed by atoms with van der Waals surface area (Å²) in [4.78, 5) is 24.0. The molecule has 0 fully saturated rings. The highest BCUT2D eigenvalue weighted by molar-refractivity contribution is 7.90. The van der Waals surface area contributed by atoms with E-state index in [-0.39, 0.29) is 10.5 Å². The molecule has 0 bridgehead atoms. The maximum absolute atomic E-state index is 12.1. The van der Waals surface area contributed by atoms with Crippen molar-refractivity contribution in [2.24, 2.45) is 0 Å². The first-order valence-electron chi connectivity index (χ1n) is 7.80. The average Bonchev–Trinajstić information content (AvgIpc) is 2.61. The third-order valence-electron chi connectivity index (χ3n) is 3.30. The van der Waals surface area contributed by atoms with Gasteiger partial charge in [0.05, 0.1) is 22.8 Å². The summed E-state index contributed by atoms with van der Waals surface area (Å²) >= 11 is 0. The molecule has 0 atom stereocenters. The Labute approximate surface area is 151 Å². The van der Waals surface area contributed by atoms with Crippen LogP contribution >= 0.6 is 0 Å². The van der Waals surface area contributed by atoms with E-state index in [0.717, 1.165) is 6.26 Å². The minimum atomic E-state index is -3.60. The molecule has 2 aromatic carbocycles. The number of hydrogen-bond donors (Lipinski definition) is 1. The predicted molar refractivity (Wildman–Crippen MR) is 96.1 cm³/mol. The lowest BCUT2D eigenvalue weighted by atomic mass is 10.2. The smallest absolute Gasteiger partial charge is 0.339 e. The minimum absolute atomic E-state index is 0.113. The molecule has 0 aliphatic heterocycles. The molecule has 0 saturated heterocycles. The zero-order valence-electron chi connectivity index (χ0n) is 14.4. The first-order valence-corrected chi connectivity index (χ1v) is 9.70. The van der Waals surface area contributed by atoms with Gasteiger partial charge in [-0.15, -0.1) is 0 Å². The van der Waals surface area contributed by atoms with Gasteiger partial charge in [0.25, 0.3) is 5.91 Å². The second-order valence-corrected chi connectivity index (χ2v) is 7.31. The van der Waals surface area contributed by atoms with Gasteiger partial charge < -0.3 is 14.8 Å². The van der Waals surface area contributed by atoms with Gasteiger partial charge in [-0.2, -0.15) is 0 Å². The van der Waals surface area contributed by atoms with E-state index >= 15 is 0 Å². The largest absolute Gasteiger partial charge is 0.492 e. The number of hydrogen-bond acceptors (Lipinski definition) is 6. The van der Waals surface area contributed by atoms with E-state index in [4.69, 9.17) is 9.47 Å². The maximum Gasteiger partial charge on any atom is 0.339 e. The highest BCUT2D eigenvalue weighted by Crippen LogP contribution is 2.23. The molecule has 0 radical (unpaired) electrons. The van der Waals surface area contributed by atoms with Crippen LogP contribution in [-0.2, 0) is 19.4 Å². The van der Waals surface area contributed by atoms with E-state index in [2.05, 4.69) is 5.32 Å². The third-order valence-corrected chi connectivity index (χ3v) is 4.46. The lowest BCUT2D eigenvalue weighted by Crippen LogP contribution is -2.22. The Morgan fingerprint density at radius 1 is 1.04 bits per heavy atom. The number of anilines is 1. The van der Waals surface area contributed by atoms with Gasteiger partial charge in [0.15, 0.2) is 16.4 Å². The van der Waals surface area contributed by atoms with Gasteiger partial charge in [0.1, 0.15) is 5.75 Å². The molecule has 8 heteroatoms. The Bertz CT molecular complexity index is 907. The summed E-state index contributed by atoms with van der Waals surface area (Å²) in [7, 11) is -3.60. The molecule has 1 amide bonds. The van der Waals surface area contributed by atoms with Crippen LogP contribution in [0.15, 0.2) is 53.4 Å². The second kappa shape index (κ2) is 8.48. The predicted octanol–water partition coefficient (Wildman–Crippen LogP) is 2.28. The monoisotopic (exact) mass is 377 g/mol. The lowest BCUT2D eigenvalue weighted by Gasteiger charge is -2.12. The minimum Gasteiger partial charge on any atom is -0.492 e. The lowest BCUT2D eigenvalue weighted by molar-refractivity contribution is -0.119. The van der Waals surface area contributed by atoms with Crippen LogP contribution in [0.5, 0.6) is 5.75 Å². The maximum atomic E-state index is 12.1. The average molecular weight is 377 g/mol. The van der Waals surface area contributed by atoms with E-state index in [1.807, 2.05) is 6.92 Å². The molecule has 0 spiro atoms. The molecule has 0 saturated carbocycles. The first kappa shape index (κ1) is 19.5. The van der Waals surface area contributed by atoms with Gasteiger partial charge in [-0.1, -0.05) is 24.3 Å². The van der Waals surface area contributed by atoms with Crippen LogP contribution in [0.2, 0.25) is 0 Å². The molecule has 0 heterocycles. The molecule has 7 nitrogen and oxygen atoms in total. The highest BCUT2D eigenvalue weighted by atomic mass is 32.2. The van der Waals surface area contributed by atoms with E-state index in [9.17, 15) is 18.0 Å². The van der Waals surface area contributed by atoms with E-state index < -0.39 is 28.3 Å². The molecule has 0 aromatic heterocycles. The van der Waals surface area contributed by atoms with Gasteiger partial charge in [-0.05, 0) is 31.2 Å². The number of nitrogens with one attached hydrogen (secondary N) is 1. The van der Waals surface area contributed by atoms with Gasteiger partial charge in [-0.25, -0.2) is 13.2 Å². The van der Waals surface area contributed by atoms with E-state index in [0.29, 0.717) is 18.0 Å². The number of carbonyl (C=O) groups excluding carboxylic acids is 2. The zero-order valence-corrected chi connectivity index (χ0v) is 15.2. The number of ether oxygens (including phenoxy) is 2. The zero-order chi connectivity index (χ0) is 19.2. The second-order valence-electron chi connectivity index (χ2n) is 5.32. The van der Waals surface area contributed by atoms with Crippen molar-refractivity contribution in [1.29, 1.82) is 0 Å². The van der Waals surface area contributed by atoms with E-state index in [1.165, 1.54) is 24.3 Å². The molecular weight excluding hydrogens is 358 g/mol. The molecule has 26 heavy (non-hydrogen) atoms. The number of sulfone groups is 1. The van der Waals surface area contributed by atoms with Crippen molar-refractivity contribution in [2.75, 3.05) is 24.8 Å². The molecule has 0 aliphatic carbocycles. The van der Waals surface area contributed by atoms with Crippen molar-refractivity contribution in [3.8, 4) is 5.75 Å². The van der Waals surface area contributed by atoms with Crippen LogP contribution in [0.1, 0.15) is 17.3 Å². The Morgan fingerprint density at radius 3 is 2.38 bits per heavy atom. The summed E-state index contributed by atoms with van der Waals surface area (Å²) < 4.78 is 33.8. The quantitative estimate of drug-likeness (QED) is 0.743. The topological polar surface area (TPSA) is 98.8 Å². The van der Waals surface area contributed by atoms with Crippen LogP contribution in [0.4, 0.5) is 5.69 Å². The van der Waals surface area contributed by atoms with Crippen LogP contribution in [0.3, 0.4) is 0 Å². The number of amides is 1. The van der Waals surface area contributed by atoms with Crippen LogP contribution < -0.4 is 10.1 Å². The molecule has 1 N–H and O–H groups in total. The number of benzene rings is 2. The molecule has 2 rings (SSSR count). The summed E-state index contributed by atoms with van der Waals surface area (Å²) in [5, 5.41) is 2.59. The van der Waals surface area contributed by atoms with Gasteiger partial charge in [0, 0.05) is 6.26 Å². The number of rotatable bonds is 7. The number of para-hydroxylation sites is 2. The third kappa shape index (κ3) is 5.06. The van der Waals surface area contributed by atoms with Crippen molar-refractivity contribution in [3.05, 3.63) is 54.1 Å². The Kier molecular flexibility index (Phi) is 6.35. The molecular formula is C18H19NO6S. The normalized spacial score (nSPS) is 10.8. The standard InChI is InChI=1S/C18H19NO6S/c1-3-24-15-10-6-5-9-14(15)19-17(20)12-25-18(21)13-8-4-7-11-16(13)26(2,22)23/h4-11H,3,12H2,1-2H3,(H,19,20). The first-order chi connectivity index (χ1) is 12.3. The van der Waals surface area contributed by atoms with Gasteiger partial charge in [0.2, 0.25) is 0 Å². The molecule has 2 aromatic rings. The Balaban J connectivity index is 2.04. The van der Waals surface area contributed by atoms with Crippen molar-refractivity contribution in [3.63, 3.8) is 0 Å². The summed E-state index contributed by atoms with van der Waals surface area (Å²) in [6.45, 7) is 1.70. The van der Waals surface area contributed by atoms with Crippen molar-refractivity contribution in [2.45, 2.75) is 11.8 Å². The fourth-order valence-corrected chi connectivity index (χ4v) is 3.08. The van der Waals surface area contributed by atoms with Gasteiger partial charge in [-0.3, -0.25) is 4.79 Å². The summed E-state index contributed by atoms with van der Waals surface area (Å²) in [5.74, 6) is -0.960. The number of esters is 1. The Morgan fingerprint density at radius 2 is 1.69 bits per heavy atom. The fourth-order valence-electron chi connectivity index (χ4n) is 2.21. The number of carbonyl (C=O) groups is 2. The molecule has 0 unspecified atom stereocenters. The highest BCUT2D eigenvalue weighted by Gasteiger charge is 2.20. The van der Waals surface area contributed by atoms with Crippen molar-refractivity contribution in [1.82, 2.24) is 0 Å². The van der Waals surface area contributed by atoms with Crippen LogP contribution in [0.25, 0.3) is 0 Å². The molecule has 0 aliphatic rings. The summed E-state index contributed by atoms with van der Waals surface area (Å²) in [5.41, 5.74) is 0.337.